The predicted octanol–water partition coefficient (Wildman–Crippen LogP) is 0.471. The van der Waals surface area contributed by atoms with Gasteiger partial charge >= 0.3 is 0 Å². The van der Waals surface area contributed by atoms with E-state index in [1.807, 2.05) is 0 Å². The Balaban J connectivity index is 3.91. The molecular weight excluding hydrogens is 144 g/mol. The van der Waals surface area contributed by atoms with Crippen LogP contribution in [-0.2, 0) is 4.79 Å². The predicted molar refractivity (Wildman–Crippen MR) is 38.2 cm³/mol. The summed E-state index contributed by atoms with van der Waals surface area (Å²) in [5, 5.41) is 8.23. The smallest absolute Gasteiger partial charge is 0.227 e. The third kappa shape index (κ3) is 2.07. The zero-order chi connectivity index (χ0) is 6.78. The number of carbonyl (C=O) groups excluding carboxylic acids is 1. The summed E-state index contributed by atoms with van der Waals surface area (Å²) >= 11 is 7.00. The summed E-state index contributed by atoms with van der Waals surface area (Å²) < 4.78 is 0. The van der Waals surface area contributed by atoms with Crippen molar-refractivity contribution in [2.24, 2.45) is 0 Å². The zero-order valence-electron chi connectivity index (χ0n) is 4.46. The maximum atomic E-state index is 10.2. The van der Waals surface area contributed by atoms with Gasteiger partial charge in [0.05, 0.1) is 0 Å². The van der Waals surface area contributed by atoms with E-state index in [0.717, 1.165) is 0 Å². The molecule has 0 aliphatic carbocycles. The van der Waals surface area contributed by atoms with E-state index in [9.17, 15) is 4.79 Å². The van der Waals surface area contributed by atoms with Crippen LogP contribution in [0.15, 0.2) is 0 Å². The lowest BCUT2D eigenvalue weighted by atomic mass is 10.3. The van der Waals surface area contributed by atoms with Crippen LogP contribution in [-0.4, -0.2) is 15.2 Å². The molecule has 0 saturated carbocycles. The Morgan fingerprint density at radius 2 is 2.25 bits per heavy atom. The van der Waals surface area contributed by atoms with E-state index in [0.29, 0.717) is 0 Å². The highest BCUT2D eigenvalue weighted by Gasteiger charge is 2.25. The van der Waals surface area contributed by atoms with Crippen LogP contribution in [0.4, 0.5) is 0 Å². The van der Waals surface area contributed by atoms with E-state index in [1.165, 1.54) is 0 Å². The quantitative estimate of drug-likeness (QED) is 0.397. The van der Waals surface area contributed by atoms with Crippen molar-refractivity contribution in [3.05, 3.63) is 0 Å². The highest BCUT2D eigenvalue weighted by atomic mass is 32.1. The Hall–Kier alpha value is 0.330. The lowest BCUT2D eigenvalue weighted by molar-refractivity contribution is -0.120. The normalized spacial score (nSPS) is 17.5. The Morgan fingerprint density at radius 3 is 2.25 bits per heavy atom. The zero-order valence-corrected chi connectivity index (χ0v) is 6.25. The molecular formula is C4H8O2S2. The number of rotatable bonds is 2. The van der Waals surface area contributed by atoms with Crippen molar-refractivity contribution in [3.8, 4) is 0 Å². The van der Waals surface area contributed by atoms with Crippen molar-refractivity contribution in [3.63, 3.8) is 0 Å². The molecule has 0 aromatic heterocycles. The molecule has 0 saturated heterocycles. The molecule has 0 aliphatic heterocycles. The molecule has 0 aromatic carbocycles. The van der Waals surface area contributed by atoms with Crippen molar-refractivity contribution in [2.45, 2.75) is 18.3 Å². The van der Waals surface area contributed by atoms with Crippen LogP contribution < -0.4 is 0 Å². The van der Waals surface area contributed by atoms with Gasteiger partial charge in [-0.05, 0) is 6.42 Å². The monoisotopic (exact) mass is 152 g/mol. The molecule has 0 radical (unpaired) electrons. The van der Waals surface area contributed by atoms with Gasteiger partial charge in [0.15, 0.2) is 4.93 Å². The van der Waals surface area contributed by atoms with Crippen LogP contribution in [0.5, 0.6) is 0 Å². The molecule has 0 amide bonds. The summed E-state index contributed by atoms with van der Waals surface area (Å²) in [4.78, 5) is 8.70. The molecule has 8 heavy (non-hydrogen) atoms. The molecule has 0 aliphatic rings. The minimum absolute atomic E-state index is 0.276. The van der Waals surface area contributed by atoms with E-state index in [-0.39, 0.29) is 6.42 Å². The second-order valence-electron chi connectivity index (χ2n) is 1.48. The van der Waals surface area contributed by atoms with Crippen molar-refractivity contribution in [1.82, 2.24) is 0 Å². The first kappa shape index (κ1) is 8.33. The standard InChI is InChI=1S/C4H8O2S2/c1-2-4(6,8)3(5)7/h6,8H,2H2,1H3,(H,5,7). The molecule has 2 nitrogen and oxygen atoms in total. The van der Waals surface area contributed by atoms with Gasteiger partial charge in [0.2, 0.25) is 5.12 Å². The topological polar surface area (TPSA) is 37.3 Å². The molecule has 0 spiro atoms. The minimum Gasteiger partial charge on any atom is -0.372 e. The minimum atomic E-state index is -1.54. The Labute approximate surface area is 59.1 Å². The molecule has 0 heterocycles. The maximum absolute atomic E-state index is 10.2. The summed E-state index contributed by atoms with van der Waals surface area (Å²) in [5.41, 5.74) is 0. The van der Waals surface area contributed by atoms with Crippen molar-refractivity contribution >= 4 is 30.4 Å². The largest absolute Gasteiger partial charge is 0.372 e. The first-order valence-corrected chi connectivity index (χ1v) is 3.08. The van der Waals surface area contributed by atoms with Crippen LogP contribution in [0.1, 0.15) is 13.3 Å². The second kappa shape index (κ2) is 2.75. The molecule has 0 bridgehead atoms. The molecule has 0 aromatic rings. The average molecular weight is 152 g/mol. The fourth-order valence-electron chi connectivity index (χ4n) is 0.151. The maximum Gasteiger partial charge on any atom is 0.227 e. The van der Waals surface area contributed by atoms with E-state index >= 15 is 0 Å². The second-order valence-corrected chi connectivity index (χ2v) is 2.62. The first-order chi connectivity index (χ1) is 3.50. The van der Waals surface area contributed by atoms with Gasteiger partial charge in [-0.3, -0.25) is 4.79 Å². The van der Waals surface area contributed by atoms with Crippen molar-refractivity contribution in [1.29, 1.82) is 0 Å². The van der Waals surface area contributed by atoms with Crippen LogP contribution >= 0.6 is 25.3 Å². The number of thiol groups is 2. The molecule has 1 N–H and O–H groups in total. The van der Waals surface area contributed by atoms with Gasteiger partial charge in [0.1, 0.15) is 0 Å². The van der Waals surface area contributed by atoms with Gasteiger partial charge in [-0.25, -0.2) is 0 Å². The van der Waals surface area contributed by atoms with Crippen LogP contribution in [0.2, 0.25) is 0 Å². The van der Waals surface area contributed by atoms with Gasteiger partial charge in [-0.1, -0.05) is 6.92 Å². The summed E-state index contributed by atoms with van der Waals surface area (Å²) in [5.74, 6) is 0. The van der Waals surface area contributed by atoms with E-state index in [1.54, 1.807) is 6.92 Å². The summed E-state index contributed by atoms with van der Waals surface area (Å²) in [6.45, 7) is 1.65. The van der Waals surface area contributed by atoms with Gasteiger partial charge in [-0.2, -0.15) is 0 Å². The lowest BCUT2D eigenvalue weighted by Crippen LogP contribution is -2.26. The van der Waals surface area contributed by atoms with Crippen LogP contribution in [0.3, 0.4) is 0 Å². The summed E-state index contributed by atoms with van der Waals surface area (Å²) in [7, 11) is 0. The summed E-state index contributed by atoms with van der Waals surface area (Å²) in [6, 6.07) is 0. The fraction of sp³-hybridized carbons (Fsp3) is 0.750. The van der Waals surface area contributed by atoms with Crippen LogP contribution in [0.25, 0.3) is 0 Å². The Kier molecular flexibility index (Phi) is 2.87. The molecule has 4 heteroatoms. The van der Waals surface area contributed by atoms with Gasteiger partial charge in [0, 0.05) is 0 Å². The number of carbonyl (C=O) groups is 1. The third-order valence-corrected chi connectivity index (χ3v) is 1.90. The Morgan fingerprint density at radius 1 is 1.88 bits per heavy atom. The first-order valence-electron chi connectivity index (χ1n) is 2.19. The van der Waals surface area contributed by atoms with E-state index < -0.39 is 10.0 Å². The highest BCUT2D eigenvalue weighted by Crippen LogP contribution is 2.16. The number of aliphatic hydroxyl groups is 1. The lowest BCUT2D eigenvalue weighted by Gasteiger charge is -2.13. The number of hydrogen-bond donors (Lipinski definition) is 3. The van der Waals surface area contributed by atoms with E-state index in [2.05, 4.69) is 25.3 Å². The molecule has 0 rings (SSSR count). The van der Waals surface area contributed by atoms with Crippen molar-refractivity contribution in [2.75, 3.05) is 0 Å². The number of hydrogen-bond acceptors (Lipinski definition) is 3. The average Bonchev–Trinajstić information content (AvgIpc) is 1.67. The third-order valence-electron chi connectivity index (χ3n) is 0.836. The van der Waals surface area contributed by atoms with Crippen LogP contribution in [0, 0.1) is 0 Å². The van der Waals surface area contributed by atoms with Gasteiger partial charge in [-0.15, -0.1) is 25.3 Å². The van der Waals surface area contributed by atoms with Crippen molar-refractivity contribution < 1.29 is 9.90 Å². The molecule has 48 valence electrons. The summed E-state index contributed by atoms with van der Waals surface area (Å²) in [6.07, 6.45) is 0.276. The molecule has 1 atom stereocenters. The highest BCUT2D eigenvalue weighted by molar-refractivity contribution is 7.99. The molecule has 1 unspecified atom stereocenters. The fourth-order valence-corrected chi connectivity index (χ4v) is 0.309. The SMILES string of the molecule is CCC(O)(S)C(=O)S. The van der Waals surface area contributed by atoms with Gasteiger partial charge < -0.3 is 5.11 Å². The Bertz CT molecular complexity index is 100. The van der Waals surface area contributed by atoms with Gasteiger partial charge in [0.25, 0.3) is 0 Å². The molecule has 0 fully saturated rings. The van der Waals surface area contributed by atoms with E-state index in [4.69, 9.17) is 5.11 Å².